The molecule has 0 aliphatic heterocycles. The van der Waals surface area contributed by atoms with E-state index < -0.39 is 0 Å². The first-order chi connectivity index (χ1) is 6.41. The van der Waals surface area contributed by atoms with Crippen LogP contribution in [0.25, 0.3) is 0 Å². The van der Waals surface area contributed by atoms with Crippen molar-refractivity contribution < 1.29 is 4.79 Å². The third-order valence-electron chi connectivity index (χ3n) is 2.03. The van der Waals surface area contributed by atoms with Gasteiger partial charge in [0.1, 0.15) is 5.78 Å². The zero-order valence-corrected chi connectivity index (χ0v) is 10.8. The first-order valence-electron chi connectivity index (χ1n) is 4.53. The molecule has 0 radical (unpaired) electrons. The number of carbonyl (C=O) groups excluding carboxylic acids is 1. The summed E-state index contributed by atoms with van der Waals surface area (Å²) in [7, 11) is 0. The summed E-state index contributed by atoms with van der Waals surface area (Å²) < 4.78 is 1.11. The largest absolute Gasteiger partial charge is 0.299 e. The molecule has 1 aromatic rings. The molecule has 0 saturated heterocycles. The molecule has 0 N–H and O–H groups in total. The third-order valence-corrected chi connectivity index (χ3v) is 3.08. The second kappa shape index (κ2) is 4.38. The predicted molar refractivity (Wildman–Crippen MR) is 65.1 cm³/mol. The maximum Gasteiger partial charge on any atom is 0.142 e. The molecule has 14 heavy (non-hydrogen) atoms. The molecular formula is C11H14INO. The van der Waals surface area contributed by atoms with E-state index in [-0.39, 0.29) is 11.2 Å². The van der Waals surface area contributed by atoms with Crippen molar-refractivity contribution in [2.45, 2.75) is 27.2 Å². The van der Waals surface area contributed by atoms with Gasteiger partial charge in [-0.2, -0.15) is 0 Å². The van der Waals surface area contributed by atoms with Gasteiger partial charge in [0.15, 0.2) is 0 Å². The number of halogens is 1. The second-order valence-electron chi connectivity index (χ2n) is 4.32. The van der Waals surface area contributed by atoms with Crippen molar-refractivity contribution in [3.05, 3.63) is 27.6 Å². The monoisotopic (exact) mass is 303 g/mol. The number of hydrogen-bond acceptors (Lipinski definition) is 2. The highest BCUT2D eigenvalue weighted by molar-refractivity contribution is 14.1. The van der Waals surface area contributed by atoms with Crippen LogP contribution in [0.4, 0.5) is 0 Å². The lowest BCUT2D eigenvalue weighted by Gasteiger charge is -2.16. The van der Waals surface area contributed by atoms with Crippen LogP contribution in [0.15, 0.2) is 18.5 Å². The normalized spacial score (nSPS) is 11.4. The molecule has 3 heteroatoms. The Morgan fingerprint density at radius 3 is 2.64 bits per heavy atom. The smallest absolute Gasteiger partial charge is 0.142 e. The van der Waals surface area contributed by atoms with E-state index in [0.717, 1.165) is 9.13 Å². The minimum atomic E-state index is -0.265. The second-order valence-corrected chi connectivity index (χ2v) is 5.48. The van der Waals surface area contributed by atoms with Crippen LogP contribution in [0.2, 0.25) is 0 Å². The van der Waals surface area contributed by atoms with Crippen molar-refractivity contribution in [3.63, 3.8) is 0 Å². The maximum atomic E-state index is 11.8. The standard InChI is InChI=1S/C11H14INO/c1-11(2,3)10(14)6-8-7-13-5-4-9(8)12/h4-5,7H,6H2,1-3H3. The number of rotatable bonds is 2. The van der Waals surface area contributed by atoms with Crippen LogP contribution in [0.3, 0.4) is 0 Å². The van der Waals surface area contributed by atoms with Gasteiger partial charge in [-0.25, -0.2) is 0 Å². The molecule has 0 atom stereocenters. The van der Waals surface area contributed by atoms with Crippen LogP contribution in [-0.2, 0) is 11.2 Å². The third kappa shape index (κ3) is 3.04. The van der Waals surface area contributed by atoms with E-state index in [1.807, 2.05) is 26.8 Å². The highest BCUT2D eigenvalue weighted by Crippen LogP contribution is 2.19. The molecule has 0 spiro atoms. The van der Waals surface area contributed by atoms with Gasteiger partial charge in [-0.15, -0.1) is 0 Å². The summed E-state index contributed by atoms with van der Waals surface area (Å²) in [6.45, 7) is 5.83. The number of nitrogens with zero attached hydrogens (tertiary/aromatic N) is 1. The zero-order valence-electron chi connectivity index (χ0n) is 8.67. The zero-order chi connectivity index (χ0) is 10.8. The van der Waals surface area contributed by atoms with Gasteiger partial charge in [0.2, 0.25) is 0 Å². The molecule has 2 nitrogen and oxygen atoms in total. The summed E-state index contributed by atoms with van der Waals surface area (Å²) in [5.74, 6) is 0.253. The van der Waals surface area contributed by atoms with Crippen LogP contribution >= 0.6 is 22.6 Å². The van der Waals surface area contributed by atoms with Gasteiger partial charge in [-0.1, -0.05) is 20.8 Å². The Morgan fingerprint density at radius 1 is 1.50 bits per heavy atom. The number of hydrogen-bond donors (Lipinski definition) is 0. The summed E-state index contributed by atoms with van der Waals surface area (Å²) in [5.41, 5.74) is 0.756. The fourth-order valence-corrected chi connectivity index (χ4v) is 1.47. The van der Waals surface area contributed by atoms with Gasteiger partial charge in [-0.05, 0) is 34.2 Å². The van der Waals surface area contributed by atoms with Crippen molar-refractivity contribution in [2.75, 3.05) is 0 Å². The first kappa shape index (κ1) is 11.6. The molecule has 0 fully saturated rings. The van der Waals surface area contributed by atoms with Gasteiger partial charge in [-0.3, -0.25) is 9.78 Å². The molecule has 1 aromatic heterocycles. The Morgan fingerprint density at radius 2 is 2.14 bits per heavy atom. The Hall–Kier alpha value is -0.450. The Bertz CT molecular complexity index is 341. The molecule has 0 unspecified atom stereocenters. The van der Waals surface area contributed by atoms with E-state index in [0.29, 0.717) is 6.42 Å². The van der Waals surface area contributed by atoms with E-state index in [2.05, 4.69) is 27.6 Å². The first-order valence-corrected chi connectivity index (χ1v) is 5.61. The van der Waals surface area contributed by atoms with Gasteiger partial charge < -0.3 is 0 Å². The van der Waals surface area contributed by atoms with E-state index in [9.17, 15) is 4.79 Å². The van der Waals surface area contributed by atoms with Gasteiger partial charge >= 0.3 is 0 Å². The lowest BCUT2D eigenvalue weighted by Crippen LogP contribution is -2.22. The quantitative estimate of drug-likeness (QED) is 0.786. The van der Waals surface area contributed by atoms with Crippen molar-refractivity contribution in [2.24, 2.45) is 5.41 Å². The Balaban J connectivity index is 2.80. The SMILES string of the molecule is CC(C)(C)C(=O)Cc1cnccc1I. The van der Waals surface area contributed by atoms with Gasteiger partial charge in [0, 0.05) is 27.8 Å². The minimum Gasteiger partial charge on any atom is -0.299 e. The van der Waals surface area contributed by atoms with Crippen molar-refractivity contribution >= 4 is 28.4 Å². The molecule has 0 aromatic carbocycles. The topological polar surface area (TPSA) is 30.0 Å². The maximum absolute atomic E-state index is 11.8. The molecular weight excluding hydrogens is 289 g/mol. The van der Waals surface area contributed by atoms with E-state index in [1.54, 1.807) is 12.4 Å². The molecule has 0 aliphatic rings. The van der Waals surface area contributed by atoms with Gasteiger partial charge in [0.25, 0.3) is 0 Å². The van der Waals surface area contributed by atoms with Crippen LogP contribution in [0, 0.1) is 8.99 Å². The summed E-state index contributed by atoms with van der Waals surface area (Å²) in [6, 6.07) is 1.92. The number of Topliss-reactive ketones (excluding diaryl/α,β-unsaturated/α-hetero) is 1. The molecule has 0 saturated carbocycles. The average molecular weight is 303 g/mol. The number of carbonyl (C=O) groups is 1. The number of aromatic nitrogens is 1. The summed E-state index contributed by atoms with van der Waals surface area (Å²) in [6.07, 6.45) is 3.99. The molecule has 0 bridgehead atoms. The highest BCUT2D eigenvalue weighted by Gasteiger charge is 2.21. The van der Waals surface area contributed by atoms with Crippen LogP contribution in [0.5, 0.6) is 0 Å². The van der Waals surface area contributed by atoms with Gasteiger partial charge in [0.05, 0.1) is 0 Å². The van der Waals surface area contributed by atoms with E-state index >= 15 is 0 Å². The Kier molecular flexibility index (Phi) is 3.64. The summed E-state index contributed by atoms with van der Waals surface area (Å²) >= 11 is 2.23. The number of ketones is 1. The highest BCUT2D eigenvalue weighted by atomic mass is 127. The fraction of sp³-hybridized carbons (Fsp3) is 0.455. The lowest BCUT2D eigenvalue weighted by atomic mass is 9.87. The van der Waals surface area contributed by atoms with Crippen molar-refractivity contribution in [1.29, 1.82) is 0 Å². The number of pyridine rings is 1. The molecule has 0 amide bonds. The molecule has 1 heterocycles. The average Bonchev–Trinajstić information content (AvgIpc) is 2.07. The van der Waals surface area contributed by atoms with Crippen LogP contribution in [-0.4, -0.2) is 10.8 Å². The van der Waals surface area contributed by atoms with Crippen LogP contribution < -0.4 is 0 Å². The van der Waals surface area contributed by atoms with Crippen molar-refractivity contribution in [1.82, 2.24) is 4.98 Å². The molecule has 1 rings (SSSR count). The van der Waals surface area contributed by atoms with Crippen molar-refractivity contribution in [3.8, 4) is 0 Å². The van der Waals surface area contributed by atoms with E-state index in [1.165, 1.54) is 0 Å². The predicted octanol–water partition coefficient (Wildman–Crippen LogP) is 2.84. The van der Waals surface area contributed by atoms with E-state index in [4.69, 9.17) is 0 Å². The van der Waals surface area contributed by atoms with Crippen LogP contribution in [0.1, 0.15) is 26.3 Å². The minimum absolute atomic E-state index is 0.253. The summed E-state index contributed by atoms with van der Waals surface area (Å²) in [4.78, 5) is 15.8. The molecule has 76 valence electrons. The fourth-order valence-electron chi connectivity index (χ4n) is 0.978. The summed E-state index contributed by atoms with van der Waals surface area (Å²) in [5, 5.41) is 0. The molecule has 0 aliphatic carbocycles. The lowest BCUT2D eigenvalue weighted by molar-refractivity contribution is -0.125. The Labute approximate surface area is 98.3 Å².